The number of carbonyl (C=O) groups is 2. The van der Waals surface area contributed by atoms with Crippen LogP contribution in [-0.4, -0.2) is 22.7 Å². The van der Waals surface area contributed by atoms with Crippen LogP contribution in [0.15, 0.2) is 91.0 Å². The van der Waals surface area contributed by atoms with Crippen LogP contribution in [0.2, 0.25) is 0 Å². The molecule has 0 saturated carbocycles. The van der Waals surface area contributed by atoms with Gasteiger partial charge < -0.3 is 19.9 Å². The number of rotatable bonds is 8. The standard InChI is InChI=1S/C25H25NO5/c1-25(22(27)21-15-9-4-10-16-21,23(28)30-17-19-11-5-2-6-12-19)26-24(29)31-18-20-13-7-3-8-14-20/h2-16,22,27H,17-18H2,1H3,(H,26,29)/t22-,25+/m0/s1. The summed E-state index contributed by atoms with van der Waals surface area (Å²) in [5.41, 5.74) is 0.294. The maximum Gasteiger partial charge on any atom is 0.408 e. The number of aliphatic hydroxyl groups is 1. The molecule has 0 fully saturated rings. The summed E-state index contributed by atoms with van der Waals surface area (Å²) < 4.78 is 10.7. The minimum absolute atomic E-state index is 0.0114. The molecule has 0 radical (unpaired) electrons. The maximum atomic E-state index is 13.0. The molecule has 6 heteroatoms. The number of nitrogens with one attached hydrogen (secondary N) is 1. The van der Waals surface area contributed by atoms with E-state index in [1.54, 1.807) is 30.3 Å². The maximum absolute atomic E-state index is 13.0. The first-order valence-corrected chi connectivity index (χ1v) is 9.92. The predicted molar refractivity (Wildman–Crippen MR) is 116 cm³/mol. The molecule has 3 rings (SSSR count). The summed E-state index contributed by atoms with van der Waals surface area (Å²) in [6.07, 6.45) is -2.18. The number of ether oxygens (including phenoxy) is 2. The van der Waals surface area contributed by atoms with Crippen LogP contribution in [0.3, 0.4) is 0 Å². The van der Waals surface area contributed by atoms with Crippen LogP contribution in [0.5, 0.6) is 0 Å². The fraction of sp³-hybridized carbons (Fsp3) is 0.200. The number of benzene rings is 3. The zero-order valence-electron chi connectivity index (χ0n) is 17.2. The van der Waals surface area contributed by atoms with Gasteiger partial charge in [-0.15, -0.1) is 0 Å². The van der Waals surface area contributed by atoms with E-state index in [1.807, 2.05) is 60.7 Å². The van der Waals surface area contributed by atoms with E-state index in [4.69, 9.17) is 9.47 Å². The number of hydrogen-bond donors (Lipinski definition) is 2. The topological polar surface area (TPSA) is 84.9 Å². The van der Waals surface area contributed by atoms with E-state index >= 15 is 0 Å². The molecule has 2 atom stereocenters. The number of amides is 1. The first kappa shape index (κ1) is 22.1. The second kappa shape index (κ2) is 10.4. The van der Waals surface area contributed by atoms with Crippen LogP contribution in [-0.2, 0) is 27.5 Å². The molecular weight excluding hydrogens is 394 g/mol. The molecule has 31 heavy (non-hydrogen) atoms. The van der Waals surface area contributed by atoms with E-state index in [0.29, 0.717) is 5.56 Å². The third-order valence-electron chi connectivity index (χ3n) is 4.87. The van der Waals surface area contributed by atoms with Crippen LogP contribution in [0.1, 0.15) is 29.7 Å². The van der Waals surface area contributed by atoms with Crippen molar-refractivity contribution >= 4 is 12.1 Å². The van der Waals surface area contributed by atoms with Gasteiger partial charge in [0.05, 0.1) is 0 Å². The van der Waals surface area contributed by atoms with Gasteiger partial charge in [-0.25, -0.2) is 9.59 Å². The molecular formula is C25H25NO5. The highest BCUT2D eigenvalue weighted by Crippen LogP contribution is 2.28. The van der Waals surface area contributed by atoms with Gasteiger partial charge in [-0.2, -0.15) is 0 Å². The molecule has 3 aromatic carbocycles. The van der Waals surface area contributed by atoms with Crippen LogP contribution in [0.4, 0.5) is 4.79 Å². The van der Waals surface area contributed by atoms with Crippen LogP contribution >= 0.6 is 0 Å². The molecule has 2 N–H and O–H groups in total. The zero-order chi connectivity index (χ0) is 22.1. The highest BCUT2D eigenvalue weighted by atomic mass is 16.6. The lowest BCUT2D eigenvalue weighted by molar-refractivity contribution is -0.157. The number of carbonyl (C=O) groups excluding carboxylic acids is 2. The van der Waals surface area contributed by atoms with Gasteiger partial charge in [0, 0.05) is 0 Å². The van der Waals surface area contributed by atoms with Gasteiger partial charge in [0.15, 0.2) is 5.54 Å². The Labute approximate surface area is 181 Å². The lowest BCUT2D eigenvalue weighted by Crippen LogP contribution is -2.57. The molecule has 0 aliphatic carbocycles. The molecule has 0 unspecified atom stereocenters. The monoisotopic (exact) mass is 419 g/mol. The Balaban J connectivity index is 1.74. The van der Waals surface area contributed by atoms with E-state index < -0.39 is 23.7 Å². The van der Waals surface area contributed by atoms with Crippen LogP contribution < -0.4 is 5.32 Å². The van der Waals surface area contributed by atoms with Crippen molar-refractivity contribution in [1.29, 1.82) is 0 Å². The summed E-state index contributed by atoms with van der Waals surface area (Å²) in [7, 11) is 0. The molecule has 0 bridgehead atoms. The molecule has 0 saturated heterocycles. The minimum Gasteiger partial charge on any atom is -0.459 e. The summed E-state index contributed by atoms with van der Waals surface area (Å²) >= 11 is 0. The van der Waals surface area contributed by atoms with Gasteiger partial charge >= 0.3 is 12.1 Å². The Morgan fingerprint density at radius 2 is 1.26 bits per heavy atom. The fourth-order valence-electron chi connectivity index (χ4n) is 3.04. The summed E-state index contributed by atoms with van der Waals surface area (Å²) in [5, 5.41) is 13.5. The average molecular weight is 419 g/mol. The quantitative estimate of drug-likeness (QED) is 0.536. The number of hydrogen-bond acceptors (Lipinski definition) is 5. The van der Waals surface area contributed by atoms with Crippen molar-refractivity contribution in [2.75, 3.05) is 0 Å². The number of esters is 1. The molecule has 3 aromatic rings. The molecule has 0 heterocycles. The van der Waals surface area contributed by atoms with Gasteiger partial charge in [0.2, 0.25) is 0 Å². The third kappa shape index (κ3) is 5.93. The normalized spacial score (nSPS) is 13.5. The molecule has 0 aromatic heterocycles. The van der Waals surface area contributed by atoms with Crippen molar-refractivity contribution in [3.63, 3.8) is 0 Å². The molecule has 160 valence electrons. The summed E-state index contributed by atoms with van der Waals surface area (Å²) in [6, 6.07) is 26.9. The Kier molecular flexibility index (Phi) is 7.40. The van der Waals surface area contributed by atoms with E-state index in [0.717, 1.165) is 11.1 Å². The first-order valence-electron chi connectivity index (χ1n) is 9.92. The number of aliphatic hydroxyl groups excluding tert-OH is 1. The lowest BCUT2D eigenvalue weighted by Gasteiger charge is -2.33. The third-order valence-corrected chi connectivity index (χ3v) is 4.87. The Bertz CT molecular complexity index is 979. The predicted octanol–water partition coefficient (Wildman–Crippen LogP) is 4.15. The minimum atomic E-state index is -1.76. The Morgan fingerprint density at radius 3 is 1.77 bits per heavy atom. The molecule has 0 aliphatic heterocycles. The van der Waals surface area contributed by atoms with Crippen LogP contribution in [0, 0.1) is 0 Å². The largest absolute Gasteiger partial charge is 0.459 e. The van der Waals surface area contributed by atoms with Crippen molar-refractivity contribution in [3.8, 4) is 0 Å². The average Bonchev–Trinajstić information content (AvgIpc) is 2.82. The summed E-state index contributed by atoms with van der Waals surface area (Å²) in [4.78, 5) is 25.5. The molecule has 0 aliphatic rings. The SMILES string of the molecule is C[C@](NC(=O)OCc1ccccc1)(C(=O)OCc1ccccc1)[C@@H](O)c1ccccc1. The first-order chi connectivity index (χ1) is 15.0. The van der Waals surface area contributed by atoms with Gasteiger partial charge in [-0.3, -0.25) is 0 Å². The smallest absolute Gasteiger partial charge is 0.408 e. The van der Waals surface area contributed by atoms with Gasteiger partial charge in [0.1, 0.15) is 19.3 Å². The lowest BCUT2D eigenvalue weighted by atomic mass is 9.89. The summed E-state index contributed by atoms with van der Waals surface area (Å²) in [6.45, 7) is 1.46. The zero-order valence-corrected chi connectivity index (χ0v) is 17.2. The molecule has 6 nitrogen and oxygen atoms in total. The second-order valence-corrected chi connectivity index (χ2v) is 7.26. The van der Waals surface area contributed by atoms with Crippen molar-refractivity contribution in [2.45, 2.75) is 31.8 Å². The molecule has 1 amide bonds. The van der Waals surface area contributed by atoms with Crippen molar-refractivity contribution < 1.29 is 24.2 Å². The van der Waals surface area contributed by atoms with E-state index in [1.165, 1.54) is 6.92 Å². The fourth-order valence-corrected chi connectivity index (χ4v) is 3.04. The summed E-state index contributed by atoms with van der Waals surface area (Å²) in [5.74, 6) is -0.774. The van der Waals surface area contributed by atoms with Crippen LogP contribution in [0.25, 0.3) is 0 Å². The number of alkyl carbamates (subject to hydrolysis) is 1. The highest BCUT2D eigenvalue weighted by Gasteiger charge is 2.45. The van der Waals surface area contributed by atoms with Gasteiger partial charge in [0.25, 0.3) is 0 Å². The Morgan fingerprint density at radius 1 is 0.806 bits per heavy atom. The van der Waals surface area contributed by atoms with Crippen molar-refractivity contribution in [2.24, 2.45) is 0 Å². The van der Waals surface area contributed by atoms with Crippen molar-refractivity contribution in [1.82, 2.24) is 5.32 Å². The van der Waals surface area contributed by atoms with Gasteiger partial charge in [-0.1, -0.05) is 91.0 Å². The van der Waals surface area contributed by atoms with E-state index in [2.05, 4.69) is 5.32 Å². The molecule has 0 spiro atoms. The van der Waals surface area contributed by atoms with Crippen molar-refractivity contribution in [3.05, 3.63) is 108 Å². The van der Waals surface area contributed by atoms with E-state index in [9.17, 15) is 14.7 Å². The highest BCUT2D eigenvalue weighted by molar-refractivity contribution is 5.86. The van der Waals surface area contributed by atoms with E-state index in [-0.39, 0.29) is 13.2 Å². The Hall–Kier alpha value is -3.64. The van der Waals surface area contributed by atoms with Gasteiger partial charge in [-0.05, 0) is 23.6 Å². The second-order valence-electron chi connectivity index (χ2n) is 7.26.